The third kappa shape index (κ3) is 2.02. The Balaban J connectivity index is 1.87. The summed E-state index contributed by atoms with van der Waals surface area (Å²) in [5.74, 6) is 3.31. The summed E-state index contributed by atoms with van der Waals surface area (Å²) in [5.41, 5.74) is 0. The van der Waals surface area contributed by atoms with Crippen LogP contribution in [-0.4, -0.2) is 0 Å². The Morgan fingerprint density at radius 3 is 2.08 bits per heavy atom. The highest BCUT2D eigenvalue weighted by molar-refractivity contribution is 4.84. The quantitative estimate of drug-likeness (QED) is 0.552. The van der Waals surface area contributed by atoms with E-state index >= 15 is 0 Å². The van der Waals surface area contributed by atoms with E-state index in [1.807, 2.05) is 0 Å². The van der Waals surface area contributed by atoms with E-state index in [0.717, 1.165) is 17.8 Å². The van der Waals surface area contributed by atoms with E-state index in [1.165, 1.54) is 32.1 Å². The van der Waals surface area contributed by atoms with Gasteiger partial charge in [-0.2, -0.15) is 0 Å². The van der Waals surface area contributed by atoms with E-state index in [9.17, 15) is 0 Å². The van der Waals surface area contributed by atoms with Crippen molar-refractivity contribution in [3.63, 3.8) is 0 Å². The lowest BCUT2D eigenvalue weighted by atomic mass is 9.80. The van der Waals surface area contributed by atoms with Crippen molar-refractivity contribution in [3.05, 3.63) is 0 Å². The topological polar surface area (TPSA) is 0 Å². The largest absolute Gasteiger partial charge is 0.0622 e. The van der Waals surface area contributed by atoms with Gasteiger partial charge < -0.3 is 0 Å². The lowest BCUT2D eigenvalue weighted by molar-refractivity contribution is 0.251. The van der Waals surface area contributed by atoms with Gasteiger partial charge in [0.05, 0.1) is 0 Å². The van der Waals surface area contributed by atoms with Gasteiger partial charge >= 0.3 is 0 Å². The molecule has 2 unspecified atom stereocenters. The first-order valence-corrected chi connectivity index (χ1v) is 5.88. The average molecular weight is 166 g/mol. The lowest BCUT2D eigenvalue weighted by Gasteiger charge is -2.26. The highest BCUT2D eigenvalue weighted by atomic mass is 14.4. The minimum atomic E-state index is 1.04. The summed E-state index contributed by atoms with van der Waals surface area (Å²) in [5, 5.41) is 0. The van der Waals surface area contributed by atoms with Crippen molar-refractivity contribution in [2.75, 3.05) is 0 Å². The molecule has 0 spiro atoms. The second-order valence-corrected chi connectivity index (χ2v) is 4.97. The molecule has 12 heavy (non-hydrogen) atoms. The minimum Gasteiger partial charge on any atom is -0.0622 e. The van der Waals surface area contributed by atoms with Crippen LogP contribution < -0.4 is 0 Å². The predicted molar refractivity (Wildman–Crippen MR) is 53.1 cm³/mol. The smallest absolute Gasteiger partial charge is 0.0360 e. The van der Waals surface area contributed by atoms with Crippen molar-refractivity contribution in [1.82, 2.24) is 0 Å². The van der Waals surface area contributed by atoms with Crippen LogP contribution in [0.1, 0.15) is 58.3 Å². The number of hydrogen-bond donors (Lipinski definition) is 0. The van der Waals surface area contributed by atoms with Crippen molar-refractivity contribution in [2.45, 2.75) is 58.3 Å². The van der Waals surface area contributed by atoms with Crippen LogP contribution >= 0.6 is 0 Å². The summed E-state index contributed by atoms with van der Waals surface area (Å²) in [6, 6.07) is 0. The Morgan fingerprint density at radius 2 is 1.42 bits per heavy atom. The second-order valence-electron chi connectivity index (χ2n) is 4.97. The molecule has 0 radical (unpaired) electrons. The van der Waals surface area contributed by atoms with Crippen LogP contribution in [0, 0.1) is 17.8 Å². The van der Waals surface area contributed by atoms with Gasteiger partial charge in [-0.05, 0) is 37.0 Å². The van der Waals surface area contributed by atoms with Crippen LogP contribution in [0.15, 0.2) is 0 Å². The standard InChI is InChI=1S/C12H22/c1-10-6-4-2-3-5-7-12(10)11-8-9-11/h10-12H,2-9H2,1H3. The summed E-state index contributed by atoms with van der Waals surface area (Å²) >= 11 is 0. The maximum absolute atomic E-state index is 2.49. The molecule has 0 aliphatic heterocycles. The molecule has 2 fully saturated rings. The van der Waals surface area contributed by atoms with Crippen LogP contribution in [0.3, 0.4) is 0 Å². The normalized spacial score (nSPS) is 38.8. The zero-order chi connectivity index (χ0) is 8.39. The zero-order valence-electron chi connectivity index (χ0n) is 8.39. The first kappa shape index (κ1) is 8.59. The summed E-state index contributed by atoms with van der Waals surface area (Å²) in [6.45, 7) is 2.49. The van der Waals surface area contributed by atoms with Crippen LogP contribution in [0.2, 0.25) is 0 Å². The minimum absolute atomic E-state index is 1.04. The molecular weight excluding hydrogens is 144 g/mol. The molecule has 0 saturated heterocycles. The fourth-order valence-electron chi connectivity index (χ4n) is 2.92. The predicted octanol–water partition coefficient (Wildman–Crippen LogP) is 4.00. The zero-order valence-corrected chi connectivity index (χ0v) is 8.39. The van der Waals surface area contributed by atoms with Crippen LogP contribution in [0.5, 0.6) is 0 Å². The second kappa shape index (κ2) is 3.81. The molecule has 2 atom stereocenters. The van der Waals surface area contributed by atoms with Crippen molar-refractivity contribution >= 4 is 0 Å². The molecular formula is C12H22. The molecule has 70 valence electrons. The van der Waals surface area contributed by atoms with E-state index in [1.54, 1.807) is 19.3 Å². The first-order valence-electron chi connectivity index (χ1n) is 5.88. The van der Waals surface area contributed by atoms with Gasteiger partial charge in [0.1, 0.15) is 0 Å². The molecule has 0 N–H and O–H groups in total. The molecule has 0 heteroatoms. The van der Waals surface area contributed by atoms with E-state index in [-0.39, 0.29) is 0 Å². The van der Waals surface area contributed by atoms with E-state index in [2.05, 4.69) is 6.92 Å². The molecule has 2 saturated carbocycles. The molecule has 0 bridgehead atoms. The van der Waals surface area contributed by atoms with Gasteiger partial charge in [-0.15, -0.1) is 0 Å². The SMILES string of the molecule is CC1CCCCCCC1C1CC1. The number of hydrogen-bond acceptors (Lipinski definition) is 0. The van der Waals surface area contributed by atoms with Gasteiger partial charge in [-0.25, -0.2) is 0 Å². The Kier molecular flexibility index (Phi) is 2.73. The van der Waals surface area contributed by atoms with Crippen LogP contribution in [0.4, 0.5) is 0 Å². The van der Waals surface area contributed by atoms with E-state index < -0.39 is 0 Å². The summed E-state index contributed by atoms with van der Waals surface area (Å²) < 4.78 is 0. The average Bonchev–Trinajstić information content (AvgIpc) is 2.81. The molecule has 0 aromatic heterocycles. The highest BCUT2D eigenvalue weighted by Crippen LogP contribution is 2.45. The highest BCUT2D eigenvalue weighted by Gasteiger charge is 2.34. The van der Waals surface area contributed by atoms with Crippen molar-refractivity contribution in [1.29, 1.82) is 0 Å². The Hall–Kier alpha value is 0. The van der Waals surface area contributed by atoms with E-state index in [0.29, 0.717) is 0 Å². The van der Waals surface area contributed by atoms with Crippen molar-refractivity contribution < 1.29 is 0 Å². The maximum Gasteiger partial charge on any atom is -0.0360 e. The van der Waals surface area contributed by atoms with Gasteiger partial charge in [0.2, 0.25) is 0 Å². The van der Waals surface area contributed by atoms with E-state index in [4.69, 9.17) is 0 Å². The van der Waals surface area contributed by atoms with Crippen LogP contribution in [0.25, 0.3) is 0 Å². The molecule has 2 aliphatic rings. The Morgan fingerprint density at radius 1 is 0.750 bits per heavy atom. The van der Waals surface area contributed by atoms with Gasteiger partial charge in [0, 0.05) is 0 Å². The van der Waals surface area contributed by atoms with Crippen molar-refractivity contribution in [2.24, 2.45) is 17.8 Å². The third-order valence-electron chi connectivity index (χ3n) is 3.91. The first-order chi connectivity index (χ1) is 5.88. The van der Waals surface area contributed by atoms with Crippen molar-refractivity contribution in [3.8, 4) is 0 Å². The van der Waals surface area contributed by atoms with Gasteiger partial charge in [-0.3, -0.25) is 0 Å². The maximum atomic E-state index is 2.49. The Labute approximate surface area is 76.7 Å². The molecule has 0 amide bonds. The monoisotopic (exact) mass is 166 g/mol. The molecule has 0 aromatic rings. The van der Waals surface area contributed by atoms with Crippen LogP contribution in [-0.2, 0) is 0 Å². The van der Waals surface area contributed by atoms with Gasteiger partial charge in [-0.1, -0.05) is 39.0 Å². The molecule has 0 heterocycles. The summed E-state index contributed by atoms with van der Waals surface area (Å²) in [4.78, 5) is 0. The lowest BCUT2D eigenvalue weighted by Crippen LogP contribution is -2.15. The third-order valence-corrected chi connectivity index (χ3v) is 3.91. The molecule has 2 rings (SSSR count). The van der Waals surface area contributed by atoms with Gasteiger partial charge in [0.15, 0.2) is 0 Å². The fraction of sp³-hybridized carbons (Fsp3) is 1.00. The fourth-order valence-corrected chi connectivity index (χ4v) is 2.92. The molecule has 2 aliphatic carbocycles. The Bertz CT molecular complexity index is 135. The molecule has 0 nitrogen and oxygen atoms in total. The van der Waals surface area contributed by atoms with Gasteiger partial charge in [0.25, 0.3) is 0 Å². The summed E-state index contributed by atoms with van der Waals surface area (Å²) in [6.07, 6.45) is 12.2. The summed E-state index contributed by atoms with van der Waals surface area (Å²) in [7, 11) is 0. The number of rotatable bonds is 1. The molecule has 0 aromatic carbocycles.